The Morgan fingerprint density at radius 2 is 1.38 bits per heavy atom. The zero-order valence-electron chi connectivity index (χ0n) is 16.4. The Labute approximate surface area is 169 Å². The Morgan fingerprint density at radius 1 is 0.759 bits per heavy atom. The third-order valence-corrected chi connectivity index (χ3v) is 4.46. The standard InChI is InChI=1S/C24H22N2O3/c1-3-22(27)25-18-7-6-8-19(15-18)26-24(29)21-10-5-4-9-20(21)23(28)17-13-11-16(2)12-14-17/h4-15H,3H2,1-2H3,(H,25,27)(H,26,29). The number of ketones is 1. The van der Waals surface area contributed by atoms with Crippen molar-refractivity contribution >= 4 is 29.0 Å². The molecule has 0 unspecified atom stereocenters. The maximum absolute atomic E-state index is 12.9. The summed E-state index contributed by atoms with van der Waals surface area (Å²) in [5.41, 5.74) is 3.34. The van der Waals surface area contributed by atoms with E-state index in [9.17, 15) is 14.4 Å². The molecule has 3 aromatic carbocycles. The average molecular weight is 386 g/mol. The van der Waals surface area contributed by atoms with Crippen LogP contribution in [0.2, 0.25) is 0 Å². The summed E-state index contributed by atoms with van der Waals surface area (Å²) in [6, 6.07) is 20.9. The van der Waals surface area contributed by atoms with Gasteiger partial charge in [-0.2, -0.15) is 0 Å². The van der Waals surface area contributed by atoms with Crippen molar-refractivity contribution in [3.8, 4) is 0 Å². The van der Waals surface area contributed by atoms with Crippen LogP contribution in [0, 0.1) is 6.92 Å². The maximum Gasteiger partial charge on any atom is 0.256 e. The fourth-order valence-electron chi connectivity index (χ4n) is 2.86. The van der Waals surface area contributed by atoms with Crippen LogP contribution in [0.4, 0.5) is 11.4 Å². The van der Waals surface area contributed by atoms with Gasteiger partial charge in [0.25, 0.3) is 5.91 Å². The van der Waals surface area contributed by atoms with Gasteiger partial charge in [0.1, 0.15) is 0 Å². The van der Waals surface area contributed by atoms with E-state index in [1.807, 2.05) is 19.1 Å². The molecule has 5 nitrogen and oxygen atoms in total. The Kier molecular flexibility index (Phi) is 6.19. The van der Waals surface area contributed by atoms with E-state index in [1.54, 1.807) is 67.6 Å². The third-order valence-electron chi connectivity index (χ3n) is 4.46. The molecule has 3 rings (SSSR count). The molecule has 146 valence electrons. The van der Waals surface area contributed by atoms with Crippen molar-refractivity contribution in [3.63, 3.8) is 0 Å². The van der Waals surface area contributed by atoms with E-state index in [1.165, 1.54) is 0 Å². The zero-order chi connectivity index (χ0) is 20.8. The van der Waals surface area contributed by atoms with Gasteiger partial charge in [-0.05, 0) is 31.2 Å². The molecule has 0 bridgehead atoms. The molecule has 5 heteroatoms. The molecule has 0 spiro atoms. The molecule has 0 aromatic heterocycles. The lowest BCUT2D eigenvalue weighted by Crippen LogP contribution is -2.17. The fourth-order valence-corrected chi connectivity index (χ4v) is 2.86. The van der Waals surface area contributed by atoms with Crippen molar-refractivity contribution in [2.45, 2.75) is 20.3 Å². The molecule has 0 saturated carbocycles. The van der Waals surface area contributed by atoms with Gasteiger partial charge in [0, 0.05) is 28.9 Å². The van der Waals surface area contributed by atoms with Crippen molar-refractivity contribution in [1.29, 1.82) is 0 Å². The number of amides is 2. The number of hydrogen-bond acceptors (Lipinski definition) is 3. The minimum absolute atomic E-state index is 0.109. The van der Waals surface area contributed by atoms with Crippen LogP contribution >= 0.6 is 0 Å². The summed E-state index contributed by atoms with van der Waals surface area (Å²) in [7, 11) is 0. The van der Waals surface area contributed by atoms with Gasteiger partial charge >= 0.3 is 0 Å². The number of rotatable bonds is 6. The minimum Gasteiger partial charge on any atom is -0.326 e. The monoisotopic (exact) mass is 386 g/mol. The highest BCUT2D eigenvalue weighted by atomic mass is 16.2. The second-order valence-electron chi connectivity index (χ2n) is 6.68. The first-order valence-corrected chi connectivity index (χ1v) is 9.39. The summed E-state index contributed by atoms with van der Waals surface area (Å²) in [4.78, 5) is 37.4. The van der Waals surface area contributed by atoms with Gasteiger partial charge in [0.2, 0.25) is 5.91 Å². The number of hydrogen-bond donors (Lipinski definition) is 2. The molecule has 0 aliphatic carbocycles. The first-order valence-electron chi connectivity index (χ1n) is 9.39. The highest BCUT2D eigenvalue weighted by Gasteiger charge is 2.18. The second kappa shape index (κ2) is 8.97. The van der Waals surface area contributed by atoms with Crippen LogP contribution in [0.1, 0.15) is 45.2 Å². The topological polar surface area (TPSA) is 75.3 Å². The van der Waals surface area contributed by atoms with Crippen LogP contribution in [-0.4, -0.2) is 17.6 Å². The number of carbonyl (C=O) groups excluding carboxylic acids is 3. The summed E-state index contributed by atoms with van der Waals surface area (Å²) in [6.07, 6.45) is 0.366. The van der Waals surface area contributed by atoms with Gasteiger partial charge in [0.15, 0.2) is 5.78 Å². The van der Waals surface area contributed by atoms with Gasteiger partial charge in [0.05, 0.1) is 5.56 Å². The second-order valence-corrected chi connectivity index (χ2v) is 6.68. The Morgan fingerprint density at radius 3 is 2.03 bits per heavy atom. The molecule has 0 fully saturated rings. The smallest absolute Gasteiger partial charge is 0.256 e. The molecule has 0 aliphatic heterocycles. The molecule has 0 saturated heterocycles. The first kappa shape index (κ1) is 20.0. The van der Waals surface area contributed by atoms with Gasteiger partial charge in [-0.3, -0.25) is 14.4 Å². The molecule has 0 atom stereocenters. The van der Waals surface area contributed by atoms with Crippen LogP contribution in [0.15, 0.2) is 72.8 Å². The number of benzene rings is 3. The molecule has 0 radical (unpaired) electrons. The van der Waals surface area contributed by atoms with Crippen molar-refractivity contribution < 1.29 is 14.4 Å². The normalized spacial score (nSPS) is 10.3. The summed E-state index contributed by atoms with van der Waals surface area (Å²) < 4.78 is 0. The van der Waals surface area contributed by atoms with Gasteiger partial charge in [-0.1, -0.05) is 61.0 Å². The largest absolute Gasteiger partial charge is 0.326 e. The van der Waals surface area contributed by atoms with E-state index in [2.05, 4.69) is 10.6 Å². The summed E-state index contributed by atoms with van der Waals surface area (Å²) in [5.74, 6) is -0.706. The molecule has 2 N–H and O–H groups in total. The Bertz CT molecular complexity index is 1060. The van der Waals surface area contributed by atoms with E-state index in [0.29, 0.717) is 34.5 Å². The molecule has 0 heterocycles. The van der Waals surface area contributed by atoms with E-state index in [0.717, 1.165) is 5.56 Å². The minimum atomic E-state index is -0.389. The van der Waals surface area contributed by atoms with E-state index in [-0.39, 0.29) is 17.6 Å². The van der Waals surface area contributed by atoms with Crippen molar-refractivity contribution in [3.05, 3.63) is 95.1 Å². The molecular weight excluding hydrogens is 364 g/mol. The Balaban J connectivity index is 1.84. The van der Waals surface area contributed by atoms with Crippen molar-refractivity contribution in [2.75, 3.05) is 10.6 Å². The highest BCUT2D eigenvalue weighted by Crippen LogP contribution is 2.19. The van der Waals surface area contributed by atoms with Crippen LogP contribution in [0.3, 0.4) is 0 Å². The predicted octanol–water partition coefficient (Wildman–Crippen LogP) is 4.83. The quantitative estimate of drug-likeness (QED) is 0.596. The first-order chi connectivity index (χ1) is 14.0. The van der Waals surface area contributed by atoms with E-state index >= 15 is 0 Å². The highest BCUT2D eigenvalue weighted by molar-refractivity contribution is 6.17. The fraction of sp³-hybridized carbons (Fsp3) is 0.125. The lowest BCUT2D eigenvalue weighted by Gasteiger charge is -2.11. The summed E-state index contributed by atoms with van der Waals surface area (Å²) in [5, 5.41) is 5.56. The SMILES string of the molecule is CCC(=O)Nc1cccc(NC(=O)c2ccccc2C(=O)c2ccc(C)cc2)c1. The lowest BCUT2D eigenvalue weighted by atomic mass is 9.97. The number of carbonyl (C=O) groups is 3. The lowest BCUT2D eigenvalue weighted by molar-refractivity contribution is -0.115. The molecule has 2 amide bonds. The summed E-state index contributed by atoms with van der Waals surface area (Å²) in [6.45, 7) is 3.72. The number of anilines is 2. The average Bonchev–Trinajstić information content (AvgIpc) is 2.74. The van der Waals surface area contributed by atoms with E-state index < -0.39 is 0 Å². The predicted molar refractivity (Wildman–Crippen MR) is 114 cm³/mol. The van der Waals surface area contributed by atoms with Gasteiger partial charge in [-0.25, -0.2) is 0 Å². The van der Waals surface area contributed by atoms with Crippen LogP contribution < -0.4 is 10.6 Å². The Hall–Kier alpha value is -3.73. The van der Waals surface area contributed by atoms with Crippen LogP contribution in [-0.2, 0) is 4.79 Å². The number of aryl methyl sites for hydroxylation is 1. The van der Waals surface area contributed by atoms with Crippen molar-refractivity contribution in [1.82, 2.24) is 0 Å². The van der Waals surface area contributed by atoms with Crippen LogP contribution in [0.25, 0.3) is 0 Å². The maximum atomic E-state index is 12.9. The molecule has 3 aromatic rings. The van der Waals surface area contributed by atoms with Gasteiger partial charge < -0.3 is 10.6 Å². The van der Waals surface area contributed by atoms with Gasteiger partial charge in [-0.15, -0.1) is 0 Å². The van der Waals surface area contributed by atoms with E-state index in [4.69, 9.17) is 0 Å². The third kappa shape index (κ3) is 4.96. The molecule has 0 aliphatic rings. The molecule has 29 heavy (non-hydrogen) atoms. The summed E-state index contributed by atoms with van der Waals surface area (Å²) >= 11 is 0. The van der Waals surface area contributed by atoms with Crippen molar-refractivity contribution in [2.24, 2.45) is 0 Å². The molecular formula is C24H22N2O3. The number of nitrogens with one attached hydrogen (secondary N) is 2. The zero-order valence-corrected chi connectivity index (χ0v) is 16.4. The van der Waals surface area contributed by atoms with Crippen LogP contribution in [0.5, 0.6) is 0 Å².